The molecule has 4 nitrogen and oxygen atoms in total. The second-order valence-corrected chi connectivity index (χ2v) is 2.72. The molecule has 0 unspecified atom stereocenters. The van der Waals surface area contributed by atoms with Crippen LogP contribution in [-0.2, 0) is 0 Å². The van der Waals surface area contributed by atoms with Crippen molar-refractivity contribution >= 4 is 11.7 Å². The number of rotatable bonds is 1. The molecule has 13 heavy (non-hydrogen) atoms. The first-order chi connectivity index (χ1) is 6.36. The number of benzene rings is 1. The van der Waals surface area contributed by atoms with Crippen molar-refractivity contribution in [3.05, 3.63) is 35.9 Å². The molecular weight excluding hydrogens is 166 g/mol. The lowest BCUT2D eigenvalue weighted by atomic mass is 10.1. The average Bonchev–Trinajstić information content (AvgIpc) is 2.20. The smallest absolute Gasteiger partial charge is 0.331 e. The Hall–Kier alpha value is -1.84. The van der Waals surface area contributed by atoms with Gasteiger partial charge >= 0.3 is 6.03 Å². The third kappa shape index (κ3) is 1.66. The average molecular weight is 175 g/mol. The summed E-state index contributed by atoms with van der Waals surface area (Å²) in [6, 6.07) is 9.48. The Bertz CT molecular complexity index is 345. The first-order valence-corrected chi connectivity index (χ1v) is 4.02. The molecule has 1 aliphatic heterocycles. The normalized spacial score (nSPS) is 15.7. The summed E-state index contributed by atoms with van der Waals surface area (Å²) in [4.78, 5) is 10.7. The van der Waals surface area contributed by atoms with Gasteiger partial charge in [0.25, 0.3) is 0 Å². The van der Waals surface area contributed by atoms with E-state index in [0.717, 1.165) is 11.3 Å². The summed E-state index contributed by atoms with van der Waals surface area (Å²) in [7, 11) is 0. The molecule has 0 bridgehead atoms. The summed E-state index contributed by atoms with van der Waals surface area (Å²) in [6.07, 6.45) is 0. The molecule has 1 aromatic carbocycles. The van der Waals surface area contributed by atoms with Gasteiger partial charge in [0.2, 0.25) is 0 Å². The van der Waals surface area contributed by atoms with Crippen LogP contribution in [0, 0.1) is 0 Å². The Morgan fingerprint density at radius 2 is 2.00 bits per heavy atom. The molecule has 0 radical (unpaired) electrons. The first-order valence-electron chi connectivity index (χ1n) is 4.02. The monoisotopic (exact) mass is 175 g/mol. The van der Waals surface area contributed by atoms with Gasteiger partial charge in [-0.2, -0.15) is 5.10 Å². The van der Waals surface area contributed by atoms with Crippen molar-refractivity contribution in [2.45, 2.75) is 0 Å². The van der Waals surface area contributed by atoms with Crippen molar-refractivity contribution < 1.29 is 4.79 Å². The van der Waals surface area contributed by atoms with Crippen LogP contribution in [0.4, 0.5) is 4.79 Å². The third-order valence-electron chi connectivity index (χ3n) is 1.82. The van der Waals surface area contributed by atoms with Gasteiger partial charge in [-0.05, 0) is 5.56 Å². The fraction of sp³-hybridized carbons (Fsp3) is 0.111. The van der Waals surface area contributed by atoms with Crippen molar-refractivity contribution in [1.29, 1.82) is 0 Å². The van der Waals surface area contributed by atoms with E-state index in [-0.39, 0.29) is 6.03 Å². The van der Waals surface area contributed by atoms with E-state index in [1.54, 1.807) is 0 Å². The molecule has 0 fully saturated rings. The second-order valence-electron chi connectivity index (χ2n) is 2.72. The van der Waals surface area contributed by atoms with E-state index in [9.17, 15) is 4.79 Å². The minimum atomic E-state index is -0.250. The fourth-order valence-corrected chi connectivity index (χ4v) is 1.16. The number of carbonyl (C=O) groups is 1. The van der Waals surface area contributed by atoms with Gasteiger partial charge in [-0.25, -0.2) is 10.2 Å². The zero-order valence-electron chi connectivity index (χ0n) is 6.95. The number of nitrogens with one attached hydrogen (secondary N) is 2. The van der Waals surface area contributed by atoms with Crippen molar-refractivity contribution in [1.82, 2.24) is 10.7 Å². The maximum absolute atomic E-state index is 10.7. The lowest BCUT2D eigenvalue weighted by Crippen LogP contribution is -2.42. The van der Waals surface area contributed by atoms with Crippen molar-refractivity contribution in [2.75, 3.05) is 6.54 Å². The molecule has 0 saturated heterocycles. The molecule has 2 rings (SSSR count). The summed E-state index contributed by atoms with van der Waals surface area (Å²) >= 11 is 0. The Morgan fingerprint density at radius 3 is 2.62 bits per heavy atom. The largest absolute Gasteiger partial charge is 0.335 e. The van der Waals surface area contributed by atoms with Crippen LogP contribution in [0.25, 0.3) is 0 Å². The fourth-order valence-electron chi connectivity index (χ4n) is 1.16. The number of hydrazone groups is 1. The minimum absolute atomic E-state index is 0.250. The third-order valence-corrected chi connectivity index (χ3v) is 1.82. The van der Waals surface area contributed by atoms with Gasteiger partial charge in [0.05, 0.1) is 12.3 Å². The number of carbonyl (C=O) groups excluding carboxylic acids is 1. The standard InChI is InChI=1S/C9H9N3O/c13-9-10-6-8(11-12-9)7-4-2-1-3-5-7/h1-5H,6H2,(H2,10,12,13). The number of nitrogens with zero attached hydrogens (tertiary/aromatic N) is 1. The van der Waals surface area contributed by atoms with Gasteiger partial charge in [0.15, 0.2) is 0 Å². The molecule has 0 atom stereocenters. The highest BCUT2D eigenvalue weighted by molar-refractivity contribution is 6.05. The van der Waals surface area contributed by atoms with E-state index in [2.05, 4.69) is 15.8 Å². The van der Waals surface area contributed by atoms with Crippen LogP contribution in [0.2, 0.25) is 0 Å². The topological polar surface area (TPSA) is 53.5 Å². The summed E-state index contributed by atoms with van der Waals surface area (Å²) in [5, 5.41) is 6.59. The molecule has 1 aliphatic rings. The highest BCUT2D eigenvalue weighted by Crippen LogP contribution is 2.01. The van der Waals surface area contributed by atoms with E-state index in [0.29, 0.717) is 6.54 Å². The molecular formula is C9H9N3O. The Labute approximate surface area is 75.6 Å². The van der Waals surface area contributed by atoms with E-state index >= 15 is 0 Å². The molecule has 1 aromatic rings. The van der Waals surface area contributed by atoms with Gasteiger partial charge in [0, 0.05) is 0 Å². The lowest BCUT2D eigenvalue weighted by Gasteiger charge is -2.13. The predicted molar refractivity (Wildman–Crippen MR) is 49.5 cm³/mol. The second kappa shape index (κ2) is 3.26. The Balaban J connectivity index is 2.23. The first kappa shape index (κ1) is 7.79. The molecule has 4 heteroatoms. The van der Waals surface area contributed by atoms with Crippen molar-refractivity contribution in [2.24, 2.45) is 5.10 Å². The maximum atomic E-state index is 10.7. The molecule has 1 heterocycles. The zero-order chi connectivity index (χ0) is 9.10. The molecule has 0 spiro atoms. The van der Waals surface area contributed by atoms with Gasteiger partial charge in [-0.15, -0.1) is 0 Å². The van der Waals surface area contributed by atoms with Gasteiger partial charge in [-0.3, -0.25) is 0 Å². The molecule has 0 saturated carbocycles. The van der Waals surface area contributed by atoms with Crippen LogP contribution in [0.3, 0.4) is 0 Å². The summed E-state index contributed by atoms with van der Waals surface area (Å²) in [6.45, 7) is 0.482. The number of hydrogen-bond acceptors (Lipinski definition) is 2. The maximum Gasteiger partial charge on any atom is 0.335 e. The highest BCUT2D eigenvalue weighted by atomic mass is 16.2. The molecule has 66 valence electrons. The quantitative estimate of drug-likeness (QED) is 0.648. The van der Waals surface area contributed by atoms with Gasteiger partial charge in [0.1, 0.15) is 0 Å². The van der Waals surface area contributed by atoms with Crippen LogP contribution in [-0.4, -0.2) is 18.3 Å². The van der Waals surface area contributed by atoms with Gasteiger partial charge < -0.3 is 5.32 Å². The van der Waals surface area contributed by atoms with Crippen LogP contribution in [0.15, 0.2) is 35.4 Å². The lowest BCUT2D eigenvalue weighted by molar-refractivity contribution is 0.241. The number of urea groups is 1. The SMILES string of the molecule is O=C1NCC(c2ccccc2)=NN1. The molecule has 0 aromatic heterocycles. The predicted octanol–water partition coefficient (Wildman–Crippen LogP) is 0.704. The van der Waals surface area contributed by atoms with Crippen LogP contribution in [0.1, 0.15) is 5.56 Å². The number of amides is 2. The summed E-state index contributed by atoms with van der Waals surface area (Å²) < 4.78 is 0. The molecule has 2 amide bonds. The Morgan fingerprint density at radius 1 is 1.23 bits per heavy atom. The summed E-state index contributed by atoms with van der Waals surface area (Å²) in [5.41, 5.74) is 4.24. The van der Waals surface area contributed by atoms with Crippen LogP contribution in [0.5, 0.6) is 0 Å². The highest BCUT2D eigenvalue weighted by Gasteiger charge is 2.10. The van der Waals surface area contributed by atoms with Crippen molar-refractivity contribution in [3.63, 3.8) is 0 Å². The van der Waals surface area contributed by atoms with Gasteiger partial charge in [-0.1, -0.05) is 30.3 Å². The minimum Gasteiger partial charge on any atom is -0.331 e. The molecule has 2 N–H and O–H groups in total. The van der Waals surface area contributed by atoms with Crippen LogP contribution >= 0.6 is 0 Å². The van der Waals surface area contributed by atoms with E-state index in [4.69, 9.17) is 0 Å². The molecule has 0 aliphatic carbocycles. The van der Waals surface area contributed by atoms with Crippen molar-refractivity contribution in [3.8, 4) is 0 Å². The van der Waals surface area contributed by atoms with E-state index in [1.807, 2.05) is 30.3 Å². The van der Waals surface area contributed by atoms with Crippen LogP contribution < -0.4 is 10.7 Å². The summed E-state index contributed by atoms with van der Waals surface area (Å²) in [5.74, 6) is 0. The number of hydrogen-bond donors (Lipinski definition) is 2. The Kier molecular flexibility index (Phi) is 1.96. The van der Waals surface area contributed by atoms with E-state index in [1.165, 1.54) is 0 Å². The van der Waals surface area contributed by atoms with E-state index < -0.39 is 0 Å². The zero-order valence-corrected chi connectivity index (χ0v) is 6.95.